The van der Waals surface area contributed by atoms with Gasteiger partial charge in [-0.15, -0.1) is 0 Å². The van der Waals surface area contributed by atoms with E-state index in [1.165, 1.54) is 0 Å². The summed E-state index contributed by atoms with van der Waals surface area (Å²) in [5, 5.41) is 19.0. The number of aromatic nitrogens is 4. The number of allylic oxidation sites excluding steroid dienone is 2. The maximum atomic E-state index is 13.2. The van der Waals surface area contributed by atoms with Crippen LogP contribution < -0.4 is 0 Å². The molecule has 0 fully saturated rings. The molecule has 0 aliphatic carbocycles. The normalized spacial score (nSPS) is 17.8. The number of nitrogens with one attached hydrogen (secondary N) is 2. The van der Waals surface area contributed by atoms with Crippen LogP contribution in [0.25, 0.3) is 33.2 Å². The van der Waals surface area contributed by atoms with Gasteiger partial charge in [-0.1, -0.05) is 13.8 Å². The maximum Gasteiger partial charge on any atom is 0.303 e. The fourth-order valence-electron chi connectivity index (χ4n) is 6.86. The fraction of sp³-hybridized carbons (Fsp3) is 0.417. The second-order valence-corrected chi connectivity index (χ2v) is 13.0. The van der Waals surface area contributed by atoms with E-state index < -0.39 is 17.4 Å². The number of amides is 1. The van der Waals surface area contributed by atoms with Crippen LogP contribution in [0, 0.1) is 13.8 Å². The summed E-state index contributed by atoms with van der Waals surface area (Å²) in [6, 6.07) is 10.0. The van der Waals surface area contributed by atoms with Crippen molar-refractivity contribution in [2.75, 3.05) is 14.1 Å². The van der Waals surface area contributed by atoms with Crippen LogP contribution in [0.2, 0.25) is 0 Å². The molecule has 10 nitrogen and oxygen atoms in total. The van der Waals surface area contributed by atoms with Crippen LogP contribution in [-0.4, -0.2) is 67.0 Å². The highest BCUT2D eigenvalue weighted by Crippen LogP contribution is 2.47. The Hall–Kier alpha value is -4.73. The molecular weight excluding hydrogens is 582 g/mol. The Morgan fingerprint density at radius 3 is 2.20 bits per heavy atom. The first-order valence-corrected chi connectivity index (χ1v) is 15.8. The number of aliphatic carboxylic acids is 2. The van der Waals surface area contributed by atoms with Crippen LogP contribution in [0.4, 0.5) is 0 Å². The van der Waals surface area contributed by atoms with Crippen molar-refractivity contribution in [3.8, 4) is 0 Å². The quantitative estimate of drug-likeness (QED) is 0.207. The Bertz CT molecular complexity index is 1930. The van der Waals surface area contributed by atoms with Gasteiger partial charge in [0.05, 0.1) is 11.4 Å². The molecule has 0 saturated heterocycles. The molecule has 0 radical (unpaired) electrons. The lowest BCUT2D eigenvalue weighted by atomic mass is 9.71. The number of carbonyl (C=O) groups excluding carboxylic acids is 1. The lowest BCUT2D eigenvalue weighted by molar-refractivity contribution is -0.137. The number of carbonyl (C=O) groups is 3. The van der Waals surface area contributed by atoms with E-state index in [1.807, 2.05) is 45.0 Å². The molecule has 0 aromatic carbocycles. The second kappa shape index (κ2) is 12.6. The average molecular weight is 626 g/mol. The van der Waals surface area contributed by atoms with Gasteiger partial charge in [0, 0.05) is 78.1 Å². The van der Waals surface area contributed by atoms with Gasteiger partial charge in [-0.05, 0) is 98.2 Å². The number of aryl methyl sites for hydroxylation is 3. The highest BCUT2D eigenvalue weighted by atomic mass is 16.4. The standard InChI is InChI=1S/C36H43N5O5/c1-8-25-31-16-28-21(4)24(10-12-35(45)46)30(39-28)17-29-23(9-11-34(43)44)20(3)27(38-29)15-26-19(2)13-22(37-26)14-32(40-31)36(25,5)18-33(42)41(6)7/h13-17,25,37,39H,8-12,18H2,1-7H3,(H,43,44)(H,45,46)/t25-,36+/m0/s1. The summed E-state index contributed by atoms with van der Waals surface area (Å²) in [4.78, 5) is 55.2. The summed E-state index contributed by atoms with van der Waals surface area (Å²) in [6.45, 7) is 10.2. The van der Waals surface area contributed by atoms with E-state index in [1.54, 1.807) is 19.0 Å². The number of aromatic amines is 2. The van der Waals surface area contributed by atoms with Crippen molar-refractivity contribution in [1.82, 2.24) is 24.8 Å². The van der Waals surface area contributed by atoms with Crippen molar-refractivity contribution in [2.24, 2.45) is 0 Å². The third-order valence-corrected chi connectivity index (χ3v) is 9.62. The van der Waals surface area contributed by atoms with Crippen LogP contribution in [0.5, 0.6) is 0 Å². The number of rotatable bonds is 9. The number of H-pyrrole nitrogens is 2. The molecule has 46 heavy (non-hydrogen) atoms. The zero-order chi connectivity index (χ0) is 33.5. The van der Waals surface area contributed by atoms with E-state index in [2.05, 4.69) is 29.9 Å². The number of carboxylic acid groups (broad SMARTS) is 2. The largest absolute Gasteiger partial charge is 0.481 e. The van der Waals surface area contributed by atoms with Gasteiger partial charge in [-0.25, -0.2) is 4.98 Å². The van der Waals surface area contributed by atoms with Gasteiger partial charge in [0.1, 0.15) is 0 Å². The van der Waals surface area contributed by atoms with E-state index in [0.717, 1.165) is 73.4 Å². The molecule has 1 amide bonds. The van der Waals surface area contributed by atoms with Gasteiger partial charge < -0.3 is 25.1 Å². The third-order valence-electron chi connectivity index (χ3n) is 9.62. The lowest BCUT2D eigenvalue weighted by Crippen LogP contribution is -2.34. The number of fused-ring (bicyclic) bond motifs is 8. The van der Waals surface area contributed by atoms with Crippen LogP contribution >= 0.6 is 0 Å². The molecule has 5 heterocycles. The topological polar surface area (TPSA) is 152 Å². The molecule has 4 N–H and O–H groups in total. The van der Waals surface area contributed by atoms with E-state index in [0.29, 0.717) is 25.0 Å². The first-order valence-electron chi connectivity index (χ1n) is 15.8. The van der Waals surface area contributed by atoms with Crippen molar-refractivity contribution in [2.45, 2.75) is 84.5 Å². The number of hydrogen-bond acceptors (Lipinski definition) is 5. The molecule has 3 aromatic heterocycles. The Balaban J connectivity index is 1.89. The Morgan fingerprint density at radius 1 is 0.870 bits per heavy atom. The van der Waals surface area contributed by atoms with Crippen LogP contribution in [0.15, 0.2) is 30.3 Å². The summed E-state index contributed by atoms with van der Waals surface area (Å²) >= 11 is 0. The zero-order valence-corrected chi connectivity index (χ0v) is 27.7. The van der Waals surface area contributed by atoms with Crippen LogP contribution in [-0.2, 0) is 26.2 Å². The van der Waals surface area contributed by atoms with Gasteiger partial charge in [-0.2, -0.15) is 0 Å². The maximum absolute atomic E-state index is 13.2. The molecule has 5 rings (SSSR count). The molecular formula is C36H43N5O5. The number of hydrogen-bond donors (Lipinski definition) is 4. The first-order chi connectivity index (χ1) is 21.7. The molecule has 0 spiro atoms. The Morgan fingerprint density at radius 2 is 1.54 bits per heavy atom. The summed E-state index contributed by atoms with van der Waals surface area (Å²) in [5.41, 5.74) is 10.4. The van der Waals surface area contributed by atoms with Crippen molar-refractivity contribution in [1.29, 1.82) is 0 Å². The minimum atomic E-state index is -0.889. The molecule has 0 unspecified atom stereocenters. The van der Waals surface area contributed by atoms with Crippen molar-refractivity contribution in [3.05, 3.63) is 69.8 Å². The second-order valence-electron chi connectivity index (χ2n) is 13.0. The Kier molecular flexibility index (Phi) is 8.93. The predicted octanol–water partition coefficient (Wildman–Crippen LogP) is 6.67. The minimum Gasteiger partial charge on any atom is -0.481 e. The third kappa shape index (κ3) is 6.21. The highest BCUT2D eigenvalue weighted by Gasteiger charge is 2.44. The summed E-state index contributed by atoms with van der Waals surface area (Å²) < 4.78 is 0. The Labute approximate surface area is 268 Å². The van der Waals surface area contributed by atoms with Gasteiger partial charge >= 0.3 is 11.9 Å². The number of nitrogens with zero attached hydrogens (tertiary/aromatic N) is 3. The smallest absolute Gasteiger partial charge is 0.303 e. The minimum absolute atomic E-state index is 0.0294. The lowest BCUT2D eigenvalue weighted by Gasteiger charge is -2.31. The highest BCUT2D eigenvalue weighted by molar-refractivity contribution is 5.93. The first kappa shape index (κ1) is 32.7. The van der Waals surface area contributed by atoms with Crippen molar-refractivity contribution >= 4 is 51.1 Å². The molecule has 2 atom stereocenters. The fourth-order valence-corrected chi connectivity index (χ4v) is 6.86. The van der Waals surface area contributed by atoms with E-state index in [9.17, 15) is 24.6 Å². The predicted molar refractivity (Wildman–Crippen MR) is 179 cm³/mol. The zero-order valence-electron chi connectivity index (χ0n) is 27.7. The summed E-state index contributed by atoms with van der Waals surface area (Å²) in [6.07, 6.45) is 1.62. The van der Waals surface area contributed by atoms with Gasteiger partial charge in [-0.3, -0.25) is 19.4 Å². The monoisotopic (exact) mass is 625 g/mol. The average Bonchev–Trinajstić information content (AvgIpc) is 3.64. The molecule has 3 aromatic rings. The molecule has 2 aliphatic rings. The molecule has 242 valence electrons. The van der Waals surface area contributed by atoms with Crippen LogP contribution in [0.3, 0.4) is 0 Å². The van der Waals surface area contributed by atoms with Crippen molar-refractivity contribution in [3.63, 3.8) is 0 Å². The van der Waals surface area contributed by atoms with E-state index in [4.69, 9.17) is 9.97 Å². The van der Waals surface area contributed by atoms with Crippen LogP contribution in [0.1, 0.15) is 98.3 Å². The number of carboxylic acids is 2. The molecule has 8 bridgehead atoms. The van der Waals surface area contributed by atoms with E-state index >= 15 is 0 Å². The van der Waals surface area contributed by atoms with E-state index in [-0.39, 0.29) is 24.7 Å². The van der Waals surface area contributed by atoms with Gasteiger partial charge in [0.25, 0.3) is 0 Å². The van der Waals surface area contributed by atoms with Crippen molar-refractivity contribution < 1.29 is 24.6 Å². The SMILES string of the molecule is CC[C@H]1c2cc3[nH]c(cc4nc(cc5[nH]c(cc(n2)[C@]1(C)CC(=O)N(C)C)cc5C)C(C)=C4CCC(=O)O)c(CCC(=O)O)c3C. The van der Waals surface area contributed by atoms with Gasteiger partial charge in [0.15, 0.2) is 0 Å². The summed E-state index contributed by atoms with van der Waals surface area (Å²) in [7, 11) is 3.54. The molecule has 0 saturated carbocycles. The molecule has 10 heteroatoms. The molecule has 2 aliphatic heterocycles. The van der Waals surface area contributed by atoms with Gasteiger partial charge in [0.2, 0.25) is 5.91 Å². The summed E-state index contributed by atoms with van der Waals surface area (Å²) in [5.74, 6) is -1.78.